The predicted octanol–water partition coefficient (Wildman–Crippen LogP) is 2.45. The van der Waals surface area contributed by atoms with E-state index in [2.05, 4.69) is 15.3 Å². The topological polar surface area (TPSA) is 123 Å². The number of rotatable bonds is 5. The lowest BCUT2D eigenvalue weighted by atomic mass is 10.0. The predicted molar refractivity (Wildman–Crippen MR) is 110 cm³/mol. The highest BCUT2D eigenvalue weighted by molar-refractivity contribution is 6.12. The van der Waals surface area contributed by atoms with Crippen molar-refractivity contribution in [2.75, 3.05) is 11.1 Å². The molecule has 0 aliphatic carbocycles. The monoisotopic (exact) mass is 381 g/mol. The zero-order chi connectivity index (χ0) is 20.4. The van der Waals surface area contributed by atoms with Crippen molar-refractivity contribution >= 4 is 28.3 Å². The summed E-state index contributed by atoms with van der Waals surface area (Å²) in [5.74, 6) is -0.485. The molecule has 0 spiro atoms. The minimum atomic E-state index is -0.638. The summed E-state index contributed by atoms with van der Waals surface area (Å²) in [6.45, 7) is 6.16. The highest BCUT2D eigenvalue weighted by atomic mass is 16.2. The highest BCUT2D eigenvalue weighted by Gasteiger charge is 2.20. The molecule has 0 saturated carbocycles. The number of benzene rings is 1. The van der Waals surface area contributed by atoms with Gasteiger partial charge in [-0.25, -0.2) is 9.78 Å². The van der Waals surface area contributed by atoms with Gasteiger partial charge in [0.1, 0.15) is 0 Å². The molecule has 1 amide bonds. The number of aromatic amines is 1. The summed E-state index contributed by atoms with van der Waals surface area (Å²) in [5, 5.41) is 2.83. The molecule has 0 aliphatic rings. The van der Waals surface area contributed by atoms with Crippen molar-refractivity contribution in [3.8, 4) is 0 Å². The Balaban J connectivity index is 2.27. The minimum absolute atomic E-state index is 0.00205. The van der Waals surface area contributed by atoms with Crippen LogP contribution in [0.1, 0.15) is 49.2 Å². The van der Waals surface area contributed by atoms with Crippen molar-refractivity contribution in [2.24, 2.45) is 0 Å². The second-order valence-electron chi connectivity index (χ2n) is 6.90. The first-order valence-electron chi connectivity index (χ1n) is 9.17. The van der Waals surface area contributed by atoms with Crippen LogP contribution in [-0.4, -0.2) is 20.4 Å². The molecule has 0 saturated heterocycles. The lowest BCUT2D eigenvalue weighted by Gasteiger charge is -2.15. The lowest BCUT2D eigenvalue weighted by molar-refractivity contribution is 0.102. The Kier molecular flexibility index (Phi) is 5.30. The number of para-hydroxylation sites is 2. The number of aryl methyl sites for hydroxylation is 1. The van der Waals surface area contributed by atoms with Crippen molar-refractivity contribution in [1.29, 1.82) is 0 Å². The average molecular weight is 381 g/mol. The number of H-pyrrole nitrogens is 1. The molecule has 2 heterocycles. The van der Waals surface area contributed by atoms with Crippen LogP contribution in [0.2, 0.25) is 0 Å². The molecular formula is C20H23N5O3. The van der Waals surface area contributed by atoms with E-state index >= 15 is 0 Å². The molecule has 2 aromatic heterocycles. The van der Waals surface area contributed by atoms with Gasteiger partial charge in [0, 0.05) is 12.2 Å². The Morgan fingerprint density at radius 1 is 1.29 bits per heavy atom. The summed E-state index contributed by atoms with van der Waals surface area (Å²) in [4.78, 5) is 44.7. The first kappa shape index (κ1) is 19.3. The number of anilines is 2. The van der Waals surface area contributed by atoms with Crippen molar-refractivity contribution in [3.05, 3.63) is 62.4 Å². The van der Waals surface area contributed by atoms with Crippen molar-refractivity contribution in [2.45, 2.75) is 39.7 Å². The summed E-state index contributed by atoms with van der Waals surface area (Å²) in [7, 11) is 0. The van der Waals surface area contributed by atoms with E-state index in [9.17, 15) is 14.4 Å². The Bertz CT molecular complexity index is 1160. The third-order valence-electron chi connectivity index (χ3n) is 4.46. The molecule has 0 radical (unpaired) electrons. The number of hydrogen-bond donors (Lipinski definition) is 3. The summed E-state index contributed by atoms with van der Waals surface area (Å²) in [6, 6.07) is 8.46. The van der Waals surface area contributed by atoms with Crippen LogP contribution in [0.5, 0.6) is 0 Å². The standard InChI is InChI=1S/C20H23N5O3/c1-4-9-25-17-16(19(27)24-20(25)28)12(10-15(22-17)11(2)3)18(26)23-14-8-6-5-7-13(14)21/h5-8,10-11H,4,9,21H2,1-3H3,(H,23,26)(H,24,27,28). The van der Waals surface area contributed by atoms with Gasteiger partial charge in [-0.2, -0.15) is 0 Å². The van der Waals surface area contributed by atoms with Crippen LogP contribution in [0.3, 0.4) is 0 Å². The van der Waals surface area contributed by atoms with Gasteiger partial charge < -0.3 is 11.1 Å². The summed E-state index contributed by atoms with van der Waals surface area (Å²) >= 11 is 0. The molecule has 4 N–H and O–H groups in total. The Hall–Kier alpha value is -3.42. The fourth-order valence-electron chi connectivity index (χ4n) is 3.00. The molecule has 0 bridgehead atoms. The number of nitrogens with zero attached hydrogens (tertiary/aromatic N) is 2. The number of carbonyl (C=O) groups excluding carboxylic acids is 1. The van der Waals surface area contributed by atoms with Gasteiger partial charge in [-0.15, -0.1) is 0 Å². The van der Waals surface area contributed by atoms with Crippen LogP contribution in [-0.2, 0) is 6.54 Å². The maximum absolute atomic E-state index is 13.0. The number of aromatic nitrogens is 3. The van der Waals surface area contributed by atoms with Crippen LogP contribution in [0.4, 0.5) is 11.4 Å². The molecule has 0 atom stereocenters. The first-order chi connectivity index (χ1) is 13.3. The maximum Gasteiger partial charge on any atom is 0.329 e. The van der Waals surface area contributed by atoms with Gasteiger partial charge in [0.15, 0.2) is 5.65 Å². The van der Waals surface area contributed by atoms with Gasteiger partial charge in [-0.1, -0.05) is 32.9 Å². The second kappa shape index (κ2) is 7.67. The zero-order valence-electron chi connectivity index (χ0n) is 16.1. The van der Waals surface area contributed by atoms with Crippen LogP contribution < -0.4 is 22.3 Å². The molecule has 8 heteroatoms. The lowest BCUT2D eigenvalue weighted by Crippen LogP contribution is -2.32. The van der Waals surface area contributed by atoms with E-state index in [1.807, 2.05) is 20.8 Å². The smallest absolute Gasteiger partial charge is 0.329 e. The van der Waals surface area contributed by atoms with Gasteiger partial charge in [0.2, 0.25) is 0 Å². The zero-order valence-corrected chi connectivity index (χ0v) is 16.1. The molecule has 1 aromatic carbocycles. The minimum Gasteiger partial charge on any atom is -0.397 e. The largest absolute Gasteiger partial charge is 0.397 e. The number of amides is 1. The molecule has 28 heavy (non-hydrogen) atoms. The molecule has 3 rings (SSSR count). The Labute approximate surface area is 161 Å². The van der Waals surface area contributed by atoms with Crippen LogP contribution in [0, 0.1) is 0 Å². The normalized spacial score (nSPS) is 11.1. The number of nitrogens with two attached hydrogens (primary N) is 1. The molecule has 0 aliphatic heterocycles. The number of nitrogens with one attached hydrogen (secondary N) is 2. The summed E-state index contributed by atoms with van der Waals surface area (Å²) < 4.78 is 1.40. The maximum atomic E-state index is 13.0. The Morgan fingerprint density at radius 3 is 2.64 bits per heavy atom. The summed E-state index contributed by atoms with van der Waals surface area (Å²) in [5.41, 5.74) is 6.59. The van der Waals surface area contributed by atoms with Crippen molar-refractivity contribution in [1.82, 2.24) is 14.5 Å². The van der Waals surface area contributed by atoms with E-state index in [4.69, 9.17) is 5.73 Å². The number of fused-ring (bicyclic) bond motifs is 1. The molecule has 8 nitrogen and oxygen atoms in total. The van der Waals surface area contributed by atoms with Gasteiger partial charge >= 0.3 is 5.69 Å². The molecule has 0 unspecified atom stereocenters. The van der Waals surface area contributed by atoms with E-state index < -0.39 is 17.2 Å². The van der Waals surface area contributed by atoms with E-state index in [-0.39, 0.29) is 22.5 Å². The molecule has 3 aromatic rings. The Morgan fingerprint density at radius 2 is 2.00 bits per heavy atom. The van der Waals surface area contributed by atoms with E-state index in [1.54, 1.807) is 30.3 Å². The number of hydrogen-bond acceptors (Lipinski definition) is 5. The molecule has 0 fully saturated rings. The summed E-state index contributed by atoms with van der Waals surface area (Å²) in [6.07, 6.45) is 0.677. The third-order valence-corrected chi connectivity index (χ3v) is 4.46. The fraction of sp³-hybridized carbons (Fsp3) is 0.300. The van der Waals surface area contributed by atoms with Crippen LogP contribution in [0.25, 0.3) is 11.0 Å². The van der Waals surface area contributed by atoms with Gasteiger partial charge in [0.25, 0.3) is 11.5 Å². The third kappa shape index (κ3) is 3.53. The van der Waals surface area contributed by atoms with Crippen LogP contribution in [0.15, 0.2) is 39.9 Å². The SMILES string of the molecule is CCCn1c(=O)[nH]c(=O)c2c(C(=O)Nc3ccccc3N)cc(C(C)C)nc21. The van der Waals surface area contributed by atoms with E-state index in [0.717, 1.165) is 0 Å². The number of pyridine rings is 1. The average Bonchev–Trinajstić information content (AvgIpc) is 2.65. The van der Waals surface area contributed by atoms with E-state index in [0.29, 0.717) is 30.0 Å². The molecular weight excluding hydrogens is 358 g/mol. The van der Waals surface area contributed by atoms with Crippen molar-refractivity contribution < 1.29 is 4.79 Å². The first-order valence-corrected chi connectivity index (χ1v) is 9.17. The highest BCUT2D eigenvalue weighted by Crippen LogP contribution is 2.23. The van der Waals surface area contributed by atoms with Crippen molar-refractivity contribution in [3.63, 3.8) is 0 Å². The van der Waals surface area contributed by atoms with E-state index in [1.165, 1.54) is 4.57 Å². The second-order valence-corrected chi connectivity index (χ2v) is 6.90. The number of carbonyl (C=O) groups is 1. The van der Waals surface area contributed by atoms with Crippen LogP contribution >= 0.6 is 0 Å². The van der Waals surface area contributed by atoms with Gasteiger partial charge in [-0.3, -0.25) is 19.1 Å². The fourth-order valence-corrected chi connectivity index (χ4v) is 3.00. The van der Waals surface area contributed by atoms with Gasteiger partial charge in [0.05, 0.1) is 22.3 Å². The molecule has 146 valence electrons. The number of nitrogen functional groups attached to an aromatic ring is 1. The van der Waals surface area contributed by atoms with Gasteiger partial charge in [-0.05, 0) is 30.5 Å². The quantitative estimate of drug-likeness (QED) is 0.586.